The number of amides is 1. The lowest BCUT2D eigenvalue weighted by atomic mass is 9.85. The van der Waals surface area contributed by atoms with Crippen LogP contribution in [0.1, 0.15) is 41.5 Å². The molecule has 0 spiro atoms. The second-order valence-electron chi connectivity index (χ2n) is 6.53. The van der Waals surface area contributed by atoms with E-state index < -0.39 is 0 Å². The van der Waals surface area contributed by atoms with Crippen molar-refractivity contribution in [1.82, 2.24) is 19.6 Å². The minimum Gasteiger partial charge on any atom is -0.351 e. The summed E-state index contributed by atoms with van der Waals surface area (Å²) in [5, 5.41) is 12.6. The van der Waals surface area contributed by atoms with Gasteiger partial charge in [0.05, 0.1) is 5.69 Å². The van der Waals surface area contributed by atoms with E-state index in [1.807, 2.05) is 53.1 Å². The largest absolute Gasteiger partial charge is 0.351 e. The van der Waals surface area contributed by atoms with Gasteiger partial charge in [-0.2, -0.15) is 0 Å². The predicted octanol–water partition coefficient (Wildman–Crippen LogP) is 3.73. The molecule has 124 valence electrons. The number of carbonyl (C=O) groups excluding carboxylic acids is 1. The van der Waals surface area contributed by atoms with E-state index in [1.165, 1.54) is 6.42 Å². The maximum Gasteiger partial charge on any atom is 0.272 e. The standard InChI is InChI=1S/C19H17N5O/c25-19(16-11-13-5-1-2-8-14(13)20-16)21-15-9-4-10-24-17(12-6-3-7-12)22-23-18(15)24/h1-2,4-5,8-12,20H,3,6-7H2,(H,21,25). The number of nitrogens with one attached hydrogen (secondary N) is 2. The predicted molar refractivity (Wildman–Crippen MR) is 95.8 cm³/mol. The molecule has 1 amide bonds. The van der Waals surface area contributed by atoms with Crippen molar-refractivity contribution in [2.75, 3.05) is 5.32 Å². The van der Waals surface area contributed by atoms with E-state index in [0.717, 1.165) is 29.6 Å². The molecule has 1 aromatic carbocycles. The zero-order valence-electron chi connectivity index (χ0n) is 13.6. The number of benzene rings is 1. The highest BCUT2D eigenvalue weighted by Crippen LogP contribution is 2.35. The molecular formula is C19H17N5O. The van der Waals surface area contributed by atoms with Gasteiger partial charge in [-0.05, 0) is 37.1 Å². The number of fused-ring (bicyclic) bond motifs is 2. The van der Waals surface area contributed by atoms with Gasteiger partial charge < -0.3 is 10.3 Å². The first kappa shape index (κ1) is 14.2. The summed E-state index contributed by atoms with van der Waals surface area (Å²) in [6.07, 6.45) is 5.52. The quantitative estimate of drug-likeness (QED) is 0.600. The molecule has 0 atom stereocenters. The molecule has 5 rings (SSSR count). The highest BCUT2D eigenvalue weighted by molar-refractivity contribution is 6.07. The van der Waals surface area contributed by atoms with Gasteiger partial charge in [0.15, 0.2) is 5.65 Å². The maximum absolute atomic E-state index is 12.6. The van der Waals surface area contributed by atoms with E-state index >= 15 is 0 Å². The van der Waals surface area contributed by atoms with Crippen molar-refractivity contribution in [3.63, 3.8) is 0 Å². The Kier molecular flexibility index (Phi) is 3.09. The molecule has 4 aromatic rings. The summed E-state index contributed by atoms with van der Waals surface area (Å²) in [5.74, 6) is 1.29. The molecule has 0 aliphatic heterocycles. The van der Waals surface area contributed by atoms with Crippen LogP contribution in [0.2, 0.25) is 0 Å². The Bertz CT molecular complexity index is 1060. The van der Waals surface area contributed by atoms with Crippen LogP contribution in [0.3, 0.4) is 0 Å². The number of aromatic amines is 1. The number of para-hydroxylation sites is 1. The van der Waals surface area contributed by atoms with Crippen molar-refractivity contribution in [2.45, 2.75) is 25.2 Å². The van der Waals surface area contributed by atoms with Crippen LogP contribution in [0, 0.1) is 0 Å². The number of rotatable bonds is 3. The Labute approximate surface area is 143 Å². The van der Waals surface area contributed by atoms with Gasteiger partial charge in [-0.15, -0.1) is 10.2 Å². The molecule has 3 heterocycles. The fraction of sp³-hybridized carbons (Fsp3) is 0.211. The summed E-state index contributed by atoms with van der Waals surface area (Å²) in [5.41, 5.74) is 2.83. The Morgan fingerprint density at radius 2 is 2.04 bits per heavy atom. The van der Waals surface area contributed by atoms with Crippen LogP contribution in [0.15, 0.2) is 48.7 Å². The molecule has 6 nitrogen and oxygen atoms in total. The van der Waals surface area contributed by atoms with Gasteiger partial charge in [0.2, 0.25) is 0 Å². The fourth-order valence-corrected chi connectivity index (χ4v) is 3.36. The Balaban J connectivity index is 1.48. The highest BCUT2D eigenvalue weighted by atomic mass is 16.1. The number of H-pyrrole nitrogens is 1. The van der Waals surface area contributed by atoms with Gasteiger partial charge in [-0.25, -0.2) is 0 Å². The number of hydrogen-bond acceptors (Lipinski definition) is 3. The van der Waals surface area contributed by atoms with E-state index in [-0.39, 0.29) is 5.91 Å². The number of carbonyl (C=O) groups is 1. The molecule has 25 heavy (non-hydrogen) atoms. The third kappa shape index (κ3) is 2.29. The second-order valence-corrected chi connectivity index (χ2v) is 6.53. The smallest absolute Gasteiger partial charge is 0.272 e. The van der Waals surface area contributed by atoms with Gasteiger partial charge in [0.25, 0.3) is 5.91 Å². The molecular weight excluding hydrogens is 314 g/mol. The summed E-state index contributed by atoms with van der Waals surface area (Å²) in [6, 6.07) is 13.5. The molecule has 0 radical (unpaired) electrons. The lowest BCUT2D eigenvalue weighted by Gasteiger charge is -2.23. The Morgan fingerprint density at radius 1 is 1.16 bits per heavy atom. The summed E-state index contributed by atoms with van der Waals surface area (Å²) in [6.45, 7) is 0. The first-order valence-electron chi connectivity index (χ1n) is 8.52. The first-order valence-corrected chi connectivity index (χ1v) is 8.52. The Hall–Kier alpha value is -3.15. The van der Waals surface area contributed by atoms with Crippen molar-refractivity contribution in [1.29, 1.82) is 0 Å². The van der Waals surface area contributed by atoms with E-state index in [4.69, 9.17) is 0 Å². The van der Waals surface area contributed by atoms with Crippen LogP contribution in [-0.4, -0.2) is 25.5 Å². The fourth-order valence-electron chi connectivity index (χ4n) is 3.36. The van der Waals surface area contributed by atoms with Crippen LogP contribution in [-0.2, 0) is 0 Å². The molecule has 3 aromatic heterocycles. The van der Waals surface area contributed by atoms with Crippen molar-refractivity contribution >= 4 is 28.1 Å². The zero-order chi connectivity index (χ0) is 16.8. The summed E-state index contributed by atoms with van der Waals surface area (Å²) >= 11 is 0. The van der Waals surface area contributed by atoms with Gasteiger partial charge in [-0.3, -0.25) is 9.20 Å². The first-order chi connectivity index (χ1) is 12.3. The second kappa shape index (κ2) is 5.44. The summed E-state index contributed by atoms with van der Waals surface area (Å²) in [4.78, 5) is 15.8. The normalized spacial score (nSPS) is 14.7. The van der Waals surface area contributed by atoms with E-state index in [2.05, 4.69) is 20.5 Å². The van der Waals surface area contributed by atoms with Crippen LogP contribution in [0.5, 0.6) is 0 Å². The Morgan fingerprint density at radius 3 is 2.84 bits per heavy atom. The minimum absolute atomic E-state index is 0.183. The lowest BCUT2D eigenvalue weighted by molar-refractivity contribution is 0.102. The third-order valence-electron chi connectivity index (χ3n) is 4.95. The number of hydrogen-bond donors (Lipinski definition) is 2. The SMILES string of the molecule is O=C(Nc1cccn2c(C3CCC3)nnc12)c1cc2ccccc2[nH]1. The number of aromatic nitrogens is 4. The molecule has 1 saturated carbocycles. The third-order valence-corrected chi connectivity index (χ3v) is 4.95. The summed E-state index contributed by atoms with van der Waals surface area (Å²) in [7, 11) is 0. The molecule has 0 bridgehead atoms. The van der Waals surface area contributed by atoms with Gasteiger partial charge in [0.1, 0.15) is 11.5 Å². The van der Waals surface area contributed by atoms with E-state index in [9.17, 15) is 4.79 Å². The van der Waals surface area contributed by atoms with Gasteiger partial charge >= 0.3 is 0 Å². The van der Waals surface area contributed by atoms with Crippen LogP contribution >= 0.6 is 0 Å². The van der Waals surface area contributed by atoms with E-state index in [1.54, 1.807) is 0 Å². The molecule has 6 heteroatoms. The number of anilines is 1. The van der Waals surface area contributed by atoms with Crippen molar-refractivity contribution in [3.8, 4) is 0 Å². The number of pyridine rings is 1. The minimum atomic E-state index is -0.183. The molecule has 1 fully saturated rings. The van der Waals surface area contributed by atoms with Crippen molar-refractivity contribution in [3.05, 3.63) is 60.2 Å². The van der Waals surface area contributed by atoms with Gasteiger partial charge in [-0.1, -0.05) is 24.6 Å². The lowest BCUT2D eigenvalue weighted by Crippen LogP contribution is -2.14. The van der Waals surface area contributed by atoms with Crippen LogP contribution < -0.4 is 5.32 Å². The van der Waals surface area contributed by atoms with Crippen LogP contribution in [0.4, 0.5) is 5.69 Å². The van der Waals surface area contributed by atoms with Crippen LogP contribution in [0.25, 0.3) is 16.6 Å². The average molecular weight is 331 g/mol. The highest BCUT2D eigenvalue weighted by Gasteiger charge is 2.25. The van der Waals surface area contributed by atoms with E-state index in [0.29, 0.717) is 22.9 Å². The summed E-state index contributed by atoms with van der Waals surface area (Å²) < 4.78 is 1.99. The maximum atomic E-state index is 12.6. The number of nitrogens with zero attached hydrogens (tertiary/aromatic N) is 3. The average Bonchev–Trinajstić information content (AvgIpc) is 3.18. The zero-order valence-corrected chi connectivity index (χ0v) is 13.6. The molecule has 2 N–H and O–H groups in total. The van der Waals surface area contributed by atoms with Crippen molar-refractivity contribution in [2.24, 2.45) is 0 Å². The molecule has 1 aliphatic rings. The molecule has 0 saturated heterocycles. The molecule has 1 aliphatic carbocycles. The van der Waals surface area contributed by atoms with Gasteiger partial charge in [0, 0.05) is 23.0 Å². The van der Waals surface area contributed by atoms with Crippen molar-refractivity contribution < 1.29 is 4.79 Å². The monoisotopic (exact) mass is 331 g/mol. The topological polar surface area (TPSA) is 75.1 Å². The molecule has 0 unspecified atom stereocenters.